The fourth-order valence-corrected chi connectivity index (χ4v) is 3.68. The molecule has 1 aromatic heterocycles. The summed E-state index contributed by atoms with van der Waals surface area (Å²) in [6.45, 7) is 3.84. The molecule has 0 aliphatic rings. The molecule has 8 heteroatoms. The number of hydrogen-bond donors (Lipinski definition) is 0. The van der Waals surface area contributed by atoms with Crippen LogP contribution in [0.2, 0.25) is 10.0 Å². The first-order valence-corrected chi connectivity index (χ1v) is 9.61. The zero-order valence-electron chi connectivity index (χ0n) is 15.0. The Balaban J connectivity index is 1.87. The van der Waals surface area contributed by atoms with Crippen LogP contribution < -0.4 is 0 Å². The van der Waals surface area contributed by atoms with Crippen molar-refractivity contribution in [2.24, 2.45) is 0 Å². The first-order valence-electron chi connectivity index (χ1n) is 8.45. The minimum atomic E-state index is -0.241. The highest BCUT2D eigenvalue weighted by atomic mass is 35.5. The van der Waals surface area contributed by atoms with Crippen LogP contribution in [0.4, 0.5) is 4.39 Å². The van der Waals surface area contributed by atoms with Crippen molar-refractivity contribution in [1.29, 1.82) is 0 Å². The Hall–Kier alpha value is -1.73. The summed E-state index contributed by atoms with van der Waals surface area (Å²) in [6.07, 6.45) is 0. The van der Waals surface area contributed by atoms with E-state index in [2.05, 4.69) is 10.00 Å². The van der Waals surface area contributed by atoms with Crippen LogP contribution in [0.15, 0.2) is 42.5 Å². The maximum absolute atomic E-state index is 13.1. The third-order valence-corrected chi connectivity index (χ3v) is 5.13. The highest BCUT2D eigenvalue weighted by Gasteiger charge is 2.15. The molecule has 0 saturated heterocycles. The van der Waals surface area contributed by atoms with Crippen LogP contribution >= 0.6 is 35.4 Å². The highest BCUT2D eigenvalue weighted by Crippen LogP contribution is 2.29. The molecule has 142 valence electrons. The van der Waals surface area contributed by atoms with Gasteiger partial charge >= 0.3 is 0 Å². The van der Waals surface area contributed by atoms with Crippen LogP contribution in [0, 0.1) is 10.6 Å². The van der Waals surface area contributed by atoms with Gasteiger partial charge in [0, 0.05) is 23.7 Å². The van der Waals surface area contributed by atoms with Crippen molar-refractivity contribution in [2.45, 2.75) is 26.7 Å². The summed E-state index contributed by atoms with van der Waals surface area (Å²) in [6, 6.07) is 11.8. The maximum Gasteiger partial charge on any atom is 0.199 e. The third kappa shape index (κ3) is 4.58. The molecule has 27 heavy (non-hydrogen) atoms. The second-order valence-electron chi connectivity index (χ2n) is 6.26. The molecule has 0 saturated carbocycles. The molecule has 1 heterocycles. The van der Waals surface area contributed by atoms with Crippen molar-refractivity contribution >= 4 is 35.4 Å². The van der Waals surface area contributed by atoms with E-state index >= 15 is 0 Å². The van der Waals surface area contributed by atoms with Crippen molar-refractivity contribution < 1.29 is 4.39 Å². The van der Waals surface area contributed by atoms with Crippen molar-refractivity contribution in [3.8, 4) is 11.4 Å². The molecular weight excluding hydrogens is 406 g/mol. The lowest BCUT2D eigenvalue weighted by Crippen LogP contribution is -2.22. The number of nitrogens with zero attached hydrogens (tertiary/aromatic N) is 4. The van der Waals surface area contributed by atoms with E-state index < -0.39 is 0 Å². The standard InChI is InChI=1S/C19H19Cl2FN4S/c1-3-25-18(16-9-6-14(20)10-17(16)21)23-26(19(25)27)12-24(2)11-13-4-7-15(22)8-5-13/h4-10H,3,11-12H2,1-2H3. The maximum atomic E-state index is 13.1. The summed E-state index contributed by atoms with van der Waals surface area (Å²) >= 11 is 18.0. The van der Waals surface area contributed by atoms with Crippen LogP contribution in [0.3, 0.4) is 0 Å². The molecule has 0 fully saturated rings. The molecule has 0 unspecified atom stereocenters. The zero-order valence-corrected chi connectivity index (χ0v) is 17.3. The van der Waals surface area contributed by atoms with Crippen LogP contribution in [0.5, 0.6) is 0 Å². The molecular formula is C19H19Cl2FN4S. The molecule has 0 amide bonds. The average Bonchev–Trinajstić information content (AvgIpc) is 2.92. The van der Waals surface area contributed by atoms with Gasteiger partial charge in [-0.2, -0.15) is 5.10 Å². The minimum Gasteiger partial charge on any atom is -0.300 e. The summed E-state index contributed by atoms with van der Waals surface area (Å²) < 4.78 is 17.4. The first-order chi connectivity index (χ1) is 12.9. The highest BCUT2D eigenvalue weighted by molar-refractivity contribution is 7.71. The van der Waals surface area contributed by atoms with E-state index in [1.54, 1.807) is 28.9 Å². The van der Waals surface area contributed by atoms with Gasteiger partial charge in [-0.1, -0.05) is 35.3 Å². The normalized spacial score (nSPS) is 11.3. The summed E-state index contributed by atoms with van der Waals surface area (Å²) in [7, 11) is 1.96. The minimum absolute atomic E-state index is 0.241. The fourth-order valence-electron chi connectivity index (χ4n) is 2.87. The second kappa shape index (κ2) is 8.52. The molecule has 0 N–H and O–H groups in total. The number of hydrogen-bond acceptors (Lipinski definition) is 3. The lowest BCUT2D eigenvalue weighted by Gasteiger charge is -2.16. The average molecular weight is 425 g/mol. The number of benzene rings is 2. The van der Waals surface area contributed by atoms with E-state index in [4.69, 9.17) is 35.4 Å². The molecule has 3 aromatic rings. The number of halogens is 3. The van der Waals surface area contributed by atoms with Gasteiger partial charge in [0.05, 0.1) is 11.7 Å². The van der Waals surface area contributed by atoms with Gasteiger partial charge in [-0.05, 0) is 62.1 Å². The predicted molar refractivity (Wildman–Crippen MR) is 110 cm³/mol. The van der Waals surface area contributed by atoms with Gasteiger partial charge in [0.15, 0.2) is 10.6 Å². The van der Waals surface area contributed by atoms with Crippen LogP contribution in [0.25, 0.3) is 11.4 Å². The Kier molecular flexibility index (Phi) is 6.32. The van der Waals surface area contributed by atoms with E-state index in [1.807, 2.05) is 24.6 Å². The van der Waals surface area contributed by atoms with Crippen molar-refractivity contribution in [2.75, 3.05) is 7.05 Å². The molecule has 0 bridgehead atoms. The van der Waals surface area contributed by atoms with Crippen LogP contribution in [0.1, 0.15) is 12.5 Å². The second-order valence-corrected chi connectivity index (χ2v) is 7.46. The van der Waals surface area contributed by atoms with Gasteiger partial charge in [0.25, 0.3) is 0 Å². The molecule has 0 aliphatic heterocycles. The van der Waals surface area contributed by atoms with Gasteiger partial charge < -0.3 is 4.57 Å². The van der Waals surface area contributed by atoms with Gasteiger partial charge in [0.1, 0.15) is 5.82 Å². The van der Waals surface area contributed by atoms with Gasteiger partial charge in [-0.3, -0.25) is 4.90 Å². The van der Waals surface area contributed by atoms with Crippen molar-refractivity contribution in [3.63, 3.8) is 0 Å². The smallest absolute Gasteiger partial charge is 0.199 e. The molecule has 0 radical (unpaired) electrons. The predicted octanol–water partition coefficient (Wildman–Crippen LogP) is 5.64. The van der Waals surface area contributed by atoms with Gasteiger partial charge in [0.2, 0.25) is 0 Å². The lowest BCUT2D eigenvalue weighted by molar-refractivity contribution is 0.244. The molecule has 0 spiro atoms. The SMILES string of the molecule is CCn1c(-c2ccc(Cl)cc2Cl)nn(CN(C)Cc2ccc(F)cc2)c1=S. The van der Waals surface area contributed by atoms with E-state index in [1.165, 1.54) is 12.1 Å². The Morgan fingerprint density at radius 3 is 2.48 bits per heavy atom. The summed E-state index contributed by atoms with van der Waals surface area (Å²) in [4.78, 5) is 2.06. The Morgan fingerprint density at radius 1 is 1.15 bits per heavy atom. The van der Waals surface area contributed by atoms with Crippen LogP contribution in [-0.2, 0) is 19.8 Å². The van der Waals surface area contributed by atoms with E-state index in [-0.39, 0.29) is 5.82 Å². The summed E-state index contributed by atoms with van der Waals surface area (Å²) in [5, 5.41) is 5.79. The molecule has 0 atom stereocenters. The quantitative estimate of drug-likeness (QED) is 0.479. The van der Waals surface area contributed by atoms with Gasteiger partial charge in [-0.15, -0.1) is 0 Å². The fraction of sp³-hybridized carbons (Fsp3) is 0.263. The number of aromatic nitrogens is 3. The van der Waals surface area contributed by atoms with E-state index in [0.717, 1.165) is 11.1 Å². The molecule has 2 aromatic carbocycles. The number of rotatable bonds is 6. The molecule has 3 rings (SSSR count). The zero-order chi connectivity index (χ0) is 19.6. The third-order valence-electron chi connectivity index (χ3n) is 4.15. The monoisotopic (exact) mass is 424 g/mol. The lowest BCUT2D eigenvalue weighted by atomic mass is 10.2. The molecule has 4 nitrogen and oxygen atoms in total. The Bertz CT molecular complexity index is 998. The topological polar surface area (TPSA) is 26.0 Å². The summed E-state index contributed by atoms with van der Waals surface area (Å²) in [5.41, 5.74) is 1.80. The first kappa shape index (κ1) is 20.0. The molecule has 0 aliphatic carbocycles. The van der Waals surface area contributed by atoms with E-state index in [9.17, 15) is 4.39 Å². The van der Waals surface area contributed by atoms with Crippen LogP contribution in [-0.4, -0.2) is 26.3 Å². The van der Waals surface area contributed by atoms with Crippen molar-refractivity contribution in [3.05, 3.63) is 68.7 Å². The van der Waals surface area contributed by atoms with Crippen molar-refractivity contribution in [1.82, 2.24) is 19.2 Å². The Morgan fingerprint density at radius 2 is 1.85 bits per heavy atom. The largest absolute Gasteiger partial charge is 0.300 e. The van der Waals surface area contributed by atoms with Gasteiger partial charge in [-0.25, -0.2) is 9.07 Å². The summed E-state index contributed by atoms with van der Waals surface area (Å²) in [5.74, 6) is 0.467. The van der Waals surface area contributed by atoms with E-state index in [0.29, 0.717) is 40.4 Å². The Labute approximate surface area is 172 Å².